The molecule has 1 unspecified atom stereocenters. The summed E-state index contributed by atoms with van der Waals surface area (Å²) in [6, 6.07) is 15.8. The zero-order valence-electron chi connectivity index (χ0n) is 19.6. The number of fused-ring (bicyclic) bond motifs is 2. The van der Waals surface area contributed by atoms with Crippen LogP contribution < -0.4 is 0 Å². The Kier molecular flexibility index (Phi) is 6.63. The second-order valence-electron chi connectivity index (χ2n) is 9.62. The van der Waals surface area contributed by atoms with Crippen molar-refractivity contribution in [3.63, 3.8) is 0 Å². The molecule has 1 aromatic heterocycles. The molecular weight excluding hydrogens is 408 g/mol. The molecule has 0 amide bonds. The second-order valence-corrected chi connectivity index (χ2v) is 9.62. The standard InChI is InChI=1S/C29H34N2O2/c1-33-29(32)15-11-21-10-13-26-23(18-21)12-14-28(26)31(20-22-6-2-3-7-22)17-16-24-19-30-27-9-5-4-8-25(24)27/h4-5,8-11,13,15,18-19,22,28,30H,2-3,6-7,12,14,16-17,20H2,1H3/b15-11+. The highest BCUT2D eigenvalue weighted by molar-refractivity contribution is 5.87. The molecule has 2 aromatic carbocycles. The fraction of sp³-hybridized carbons (Fsp3) is 0.414. The van der Waals surface area contributed by atoms with Gasteiger partial charge in [0.25, 0.3) is 0 Å². The van der Waals surface area contributed by atoms with E-state index in [0.29, 0.717) is 6.04 Å². The van der Waals surface area contributed by atoms with Gasteiger partial charge in [0.1, 0.15) is 0 Å². The molecule has 2 aliphatic rings. The molecule has 0 radical (unpaired) electrons. The summed E-state index contributed by atoms with van der Waals surface area (Å²) in [5.41, 5.74) is 6.62. The summed E-state index contributed by atoms with van der Waals surface area (Å²) >= 11 is 0. The fourth-order valence-electron chi connectivity index (χ4n) is 5.83. The number of carbonyl (C=O) groups excluding carboxylic acids is 1. The number of H-pyrrole nitrogens is 1. The van der Waals surface area contributed by atoms with Crippen molar-refractivity contribution < 1.29 is 9.53 Å². The number of carbonyl (C=O) groups is 1. The van der Waals surface area contributed by atoms with Crippen molar-refractivity contribution in [3.05, 3.63) is 77.0 Å². The predicted octanol–water partition coefficient (Wildman–Crippen LogP) is 6.08. The third kappa shape index (κ3) is 4.91. The first-order valence-corrected chi connectivity index (χ1v) is 12.4. The van der Waals surface area contributed by atoms with Crippen LogP contribution in [0.25, 0.3) is 17.0 Å². The van der Waals surface area contributed by atoms with E-state index >= 15 is 0 Å². The molecule has 33 heavy (non-hydrogen) atoms. The lowest BCUT2D eigenvalue weighted by Gasteiger charge is -2.32. The lowest BCUT2D eigenvalue weighted by molar-refractivity contribution is -0.134. The van der Waals surface area contributed by atoms with Crippen molar-refractivity contribution in [2.45, 2.75) is 51.0 Å². The van der Waals surface area contributed by atoms with E-state index in [-0.39, 0.29) is 5.97 Å². The number of aromatic nitrogens is 1. The molecule has 5 rings (SSSR count). The number of hydrogen-bond donors (Lipinski definition) is 1. The average molecular weight is 443 g/mol. The van der Waals surface area contributed by atoms with Gasteiger partial charge in [-0.1, -0.05) is 49.2 Å². The van der Waals surface area contributed by atoms with Crippen LogP contribution in [0.2, 0.25) is 0 Å². The molecule has 172 valence electrons. The van der Waals surface area contributed by atoms with Crippen molar-refractivity contribution in [2.75, 3.05) is 20.2 Å². The van der Waals surface area contributed by atoms with E-state index in [1.807, 2.05) is 6.08 Å². The summed E-state index contributed by atoms with van der Waals surface area (Å²) in [7, 11) is 1.41. The van der Waals surface area contributed by atoms with Crippen LogP contribution in [-0.4, -0.2) is 36.1 Å². The van der Waals surface area contributed by atoms with Crippen LogP contribution in [0.4, 0.5) is 0 Å². The summed E-state index contributed by atoms with van der Waals surface area (Å²) in [6.45, 7) is 2.29. The molecule has 4 nitrogen and oxygen atoms in total. The molecule has 0 saturated heterocycles. The Morgan fingerprint density at radius 2 is 2.00 bits per heavy atom. The van der Waals surface area contributed by atoms with E-state index in [0.717, 1.165) is 30.9 Å². The summed E-state index contributed by atoms with van der Waals surface area (Å²) in [5, 5.41) is 1.35. The molecular formula is C29H34N2O2. The highest BCUT2D eigenvalue weighted by Crippen LogP contribution is 2.38. The summed E-state index contributed by atoms with van der Waals surface area (Å²) in [4.78, 5) is 17.7. The topological polar surface area (TPSA) is 45.3 Å². The molecule has 0 bridgehead atoms. The van der Waals surface area contributed by atoms with Gasteiger partial charge in [0.2, 0.25) is 0 Å². The van der Waals surface area contributed by atoms with Crippen molar-refractivity contribution in [1.82, 2.24) is 9.88 Å². The summed E-state index contributed by atoms with van der Waals surface area (Å²) in [6.07, 6.45) is 14.4. The van der Waals surface area contributed by atoms with E-state index in [1.165, 1.54) is 79.4 Å². The number of nitrogens with zero attached hydrogens (tertiary/aromatic N) is 1. The number of esters is 1. The van der Waals surface area contributed by atoms with Crippen LogP contribution in [0.1, 0.15) is 60.4 Å². The molecule has 1 fully saturated rings. The minimum atomic E-state index is -0.312. The van der Waals surface area contributed by atoms with Crippen molar-refractivity contribution in [3.8, 4) is 0 Å². The molecule has 4 heteroatoms. The predicted molar refractivity (Wildman–Crippen MR) is 134 cm³/mol. The molecule has 3 aromatic rings. The SMILES string of the molecule is COC(=O)/C=C/c1ccc2c(c1)CCC2N(CCc1c[nH]c2ccccc12)CC1CCCC1. The number of rotatable bonds is 8. The summed E-state index contributed by atoms with van der Waals surface area (Å²) in [5.74, 6) is 0.521. The van der Waals surface area contributed by atoms with E-state index in [4.69, 9.17) is 4.74 Å². The Labute approximate surface area is 196 Å². The van der Waals surface area contributed by atoms with Gasteiger partial charge in [0.15, 0.2) is 0 Å². The van der Waals surface area contributed by atoms with E-state index in [1.54, 1.807) is 0 Å². The number of benzene rings is 2. The maximum Gasteiger partial charge on any atom is 0.330 e. The van der Waals surface area contributed by atoms with E-state index in [2.05, 4.69) is 58.5 Å². The van der Waals surface area contributed by atoms with Gasteiger partial charge in [-0.2, -0.15) is 0 Å². The molecule has 2 aliphatic carbocycles. The van der Waals surface area contributed by atoms with E-state index < -0.39 is 0 Å². The third-order valence-electron chi connectivity index (χ3n) is 7.58. The molecule has 1 atom stereocenters. The molecule has 0 aliphatic heterocycles. The van der Waals surface area contributed by atoms with Crippen molar-refractivity contribution in [2.24, 2.45) is 5.92 Å². The van der Waals surface area contributed by atoms with Crippen LogP contribution in [-0.2, 0) is 22.4 Å². The van der Waals surface area contributed by atoms with Crippen LogP contribution in [0.3, 0.4) is 0 Å². The lowest BCUT2D eigenvalue weighted by atomic mass is 10.0. The first-order valence-electron chi connectivity index (χ1n) is 12.4. The highest BCUT2D eigenvalue weighted by atomic mass is 16.5. The lowest BCUT2D eigenvalue weighted by Crippen LogP contribution is -2.33. The van der Waals surface area contributed by atoms with Crippen molar-refractivity contribution in [1.29, 1.82) is 0 Å². The van der Waals surface area contributed by atoms with Gasteiger partial charge >= 0.3 is 5.97 Å². The number of ether oxygens (including phenoxy) is 1. The second kappa shape index (κ2) is 9.96. The maximum absolute atomic E-state index is 11.5. The van der Waals surface area contributed by atoms with E-state index in [9.17, 15) is 4.79 Å². The number of nitrogens with one attached hydrogen (secondary N) is 1. The van der Waals surface area contributed by atoms with Gasteiger partial charge in [-0.3, -0.25) is 4.90 Å². The highest BCUT2D eigenvalue weighted by Gasteiger charge is 2.30. The zero-order valence-corrected chi connectivity index (χ0v) is 19.6. The monoisotopic (exact) mass is 442 g/mol. The van der Waals surface area contributed by atoms with Crippen LogP contribution in [0.15, 0.2) is 54.7 Å². The Hall–Kier alpha value is -2.85. The van der Waals surface area contributed by atoms with Gasteiger partial charge < -0.3 is 9.72 Å². The van der Waals surface area contributed by atoms with Gasteiger partial charge in [0, 0.05) is 42.3 Å². The summed E-state index contributed by atoms with van der Waals surface area (Å²) < 4.78 is 4.73. The van der Waals surface area contributed by atoms with Crippen LogP contribution in [0, 0.1) is 5.92 Å². The number of para-hydroxylation sites is 1. The molecule has 1 saturated carbocycles. The van der Waals surface area contributed by atoms with Gasteiger partial charge in [0.05, 0.1) is 7.11 Å². The smallest absolute Gasteiger partial charge is 0.330 e. The van der Waals surface area contributed by atoms with Gasteiger partial charge in [-0.05, 0) is 72.4 Å². The number of methoxy groups -OCH3 is 1. The third-order valence-corrected chi connectivity index (χ3v) is 7.58. The molecule has 1 heterocycles. The minimum absolute atomic E-state index is 0.312. The number of aromatic amines is 1. The fourth-order valence-corrected chi connectivity index (χ4v) is 5.83. The largest absolute Gasteiger partial charge is 0.466 e. The van der Waals surface area contributed by atoms with Gasteiger partial charge in [-0.25, -0.2) is 4.79 Å². The first kappa shape index (κ1) is 22.0. The minimum Gasteiger partial charge on any atom is -0.466 e. The average Bonchev–Trinajstić information content (AvgIpc) is 3.60. The Bertz CT molecular complexity index is 1140. The Morgan fingerprint density at radius 3 is 2.85 bits per heavy atom. The molecule has 0 spiro atoms. The molecule has 1 N–H and O–H groups in total. The van der Waals surface area contributed by atoms with Gasteiger partial charge in [-0.15, -0.1) is 0 Å². The van der Waals surface area contributed by atoms with Crippen LogP contribution in [0.5, 0.6) is 0 Å². The number of hydrogen-bond acceptors (Lipinski definition) is 3. The normalized spacial score (nSPS) is 18.5. The Morgan fingerprint density at radius 1 is 1.15 bits per heavy atom. The zero-order chi connectivity index (χ0) is 22.6. The maximum atomic E-state index is 11.5. The number of aryl methyl sites for hydroxylation is 1. The first-order chi connectivity index (χ1) is 16.2. The van der Waals surface area contributed by atoms with Crippen LogP contribution >= 0.6 is 0 Å². The quantitative estimate of drug-likeness (QED) is 0.340. The van der Waals surface area contributed by atoms with Crippen molar-refractivity contribution >= 4 is 22.9 Å². The Balaban J connectivity index is 1.35.